The monoisotopic (exact) mass is 420 g/mol. The van der Waals surface area contributed by atoms with E-state index in [1.54, 1.807) is 24.3 Å². The summed E-state index contributed by atoms with van der Waals surface area (Å²) in [6, 6.07) is 6.10. The molecule has 0 radical (unpaired) electrons. The first kappa shape index (κ1) is 20.8. The minimum absolute atomic E-state index is 0.211. The maximum Gasteiger partial charge on any atom is 0.325 e. The van der Waals surface area contributed by atoms with Gasteiger partial charge in [-0.1, -0.05) is 28.1 Å². The summed E-state index contributed by atoms with van der Waals surface area (Å²) in [5, 5.41) is 11.3. The topological polar surface area (TPSA) is 130 Å². The van der Waals surface area contributed by atoms with Crippen molar-refractivity contribution in [1.82, 2.24) is 5.32 Å². The summed E-state index contributed by atoms with van der Waals surface area (Å²) in [7, 11) is -3.73. The van der Waals surface area contributed by atoms with Crippen molar-refractivity contribution < 1.29 is 24.2 Å². The normalized spacial score (nSPS) is 17.4. The van der Waals surface area contributed by atoms with Gasteiger partial charge in [0.1, 0.15) is 6.04 Å². The van der Waals surface area contributed by atoms with E-state index in [1.807, 2.05) is 0 Å². The van der Waals surface area contributed by atoms with Crippen LogP contribution in [0.5, 0.6) is 0 Å². The summed E-state index contributed by atoms with van der Waals surface area (Å²) < 4.78 is 13.1. The quantitative estimate of drug-likeness (QED) is 0.474. The van der Waals surface area contributed by atoms with Gasteiger partial charge >= 0.3 is 5.97 Å². The molecule has 24 heavy (non-hydrogen) atoms. The second-order valence-electron chi connectivity index (χ2n) is 5.77. The van der Waals surface area contributed by atoms with Crippen LogP contribution in [0.2, 0.25) is 0 Å². The minimum Gasteiger partial charge on any atom is -0.480 e. The fourth-order valence-corrected chi connectivity index (χ4v) is 3.54. The van der Waals surface area contributed by atoms with Gasteiger partial charge in [-0.3, -0.25) is 14.2 Å². The number of nitrogens with one attached hydrogen (secondary N) is 1. The fraction of sp³-hybridized carbons (Fsp3) is 0.467. The van der Waals surface area contributed by atoms with Crippen molar-refractivity contribution in [2.75, 3.05) is 6.16 Å². The van der Waals surface area contributed by atoms with Gasteiger partial charge in [0, 0.05) is 10.6 Å². The fourth-order valence-electron chi connectivity index (χ4n) is 2.02. The van der Waals surface area contributed by atoms with Gasteiger partial charge in [0.2, 0.25) is 13.3 Å². The molecule has 0 heterocycles. The highest BCUT2D eigenvalue weighted by molar-refractivity contribution is 9.10. The Morgan fingerprint density at radius 3 is 2.29 bits per heavy atom. The Morgan fingerprint density at radius 2 is 1.83 bits per heavy atom. The molecule has 5 N–H and O–H groups in total. The largest absolute Gasteiger partial charge is 0.480 e. The predicted octanol–water partition coefficient (Wildman–Crippen LogP) is 1.77. The first-order valence-corrected chi connectivity index (χ1v) is 10.1. The highest BCUT2D eigenvalue weighted by Gasteiger charge is 2.33. The van der Waals surface area contributed by atoms with Crippen LogP contribution in [0.1, 0.15) is 19.4 Å². The van der Waals surface area contributed by atoms with Crippen LogP contribution < -0.4 is 11.1 Å². The predicted molar refractivity (Wildman–Crippen MR) is 94.9 cm³/mol. The van der Waals surface area contributed by atoms with Crippen molar-refractivity contribution in [2.45, 2.75) is 32.1 Å². The number of carboxylic acid groups (broad SMARTS) is 1. The zero-order valence-corrected chi connectivity index (χ0v) is 16.0. The number of rotatable bonds is 8. The molecule has 0 aliphatic carbocycles. The van der Waals surface area contributed by atoms with Gasteiger partial charge in [-0.05, 0) is 38.0 Å². The molecular weight excluding hydrogens is 399 g/mol. The Hall–Kier alpha value is -1.21. The van der Waals surface area contributed by atoms with Crippen molar-refractivity contribution >= 4 is 35.2 Å². The molecule has 0 saturated heterocycles. The molecule has 0 aromatic heterocycles. The lowest BCUT2D eigenvalue weighted by Gasteiger charge is -2.23. The van der Waals surface area contributed by atoms with Crippen molar-refractivity contribution in [2.24, 2.45) is 11.7 Å². The molecule has 9 heteroatoms. The van der Waals surface area contributed by atoms with Crippen LogP contribution in [0.15, 0.2) is 28.7 Å². The highest BCUT2D eigenvalue weighted by atomic mass is 79.9. The molecule has 1 rings (SSSR count). The Morgan fingerprint density at radius 1 is 1.29 bits per heavy atom. The van der Waals surface area contributed by atoms with E-state index < -0.39 is 37.0 Å². The zero-order chi connectivity index (χ0) is 18.5. The van der Waals surface area contributed by atoms with E-state index in [-0.39, 0.29) is 12.6 Å². The van der Waals surface area contributed by atoms with Gasteiger partial charge in [0.15, 0.2) is 0 Å². The number of benzene rings is 1. The molecule has 1 amide bonds. The van der Waals surface area contributed by atoms with E-state index in [0.29, 0.717) is 0 Å². The first-order chi connectivity index (χ1) is 11.0. The molecule has 1 aromatic rings. The van der Waals surface area contributed by atoms with Gasteiger partial charge in [-0.2, -0.15) is 0 Å². The lowest BCUT2D eigenvalue weighted by Crippen LogP contribution is -2.43. The van der Waals surface area contributed by atoms with Crippen LogP contribution in [0.25, 0.3) is 0 Å². The number of hydrogen-bond acceptors (Lipinski definition) is 4. The second-order valence-corrected chi connectivity index (χ2v) is 9.38. The third-order valence-electron chi connectivity index (χ3n) is 3.61. The average Bonchev–Trinajstić information content (AvgIpc) is 2.48. The summed E-state index contributed by atoms with van der Waals surface area (Å²) in [6.07, 6.45) is -0.0956. The zero-order valence-electron chi connectivity index (χ0n) is 13.5. The van der Waals surface area contributed by atoms with Gasteiger partial charge in [-0.25, -0.2) is 0 Å². The Bertz CT molecular complexity index is 635. The van der Waals surface area contributed by atoms with E-state index in [4.69, 9.17) is 10.8 Å². The molecule has 1 aromatic carbocycles. The first-order valence-electron chi connectivity index (χ1n) is 7.37. The van der Waals surface area contributed by atoms with Crippen LogP contribution in [-0.2, 0) is 20.6 Å². The third kappa shape index (κ3) is 6.36. The van der Waals surface area contributed by atoms with E-state index in [2.05, 4.69) is 21.2 Å². The summed E-state index contributed by atoms with van der Waals surface area (Å²) in [6.45, 7) is 2.75. The van der Waals surface area contributed by atoms with Crippen molar-refractivity contribution in [3.05, 3.63) is 34.3 Å². The Kier molecular flexibility index (Phi) is 7.60. The van der Waals surface area contributed by atoms with E-state index in [9.17, 15) is 19.0 Å². The van der Waals surface area contributed by atoms with Crippen LogP contribution in [0, 0.1) is 5.92 Å². The molecule has 0 aliphatic rings. The van der Waals surface area contributed by atoms with Crippen LogP contribution >= 0.6 is 23.3 Å². The van der Waals surface area contributed by atoms with Crippen molar-refractivity contribution in [3.63, 3.8) is 0 Å². The molecule has 0 fully saturated rings. The number of hydrogen-bond donors (Lipinski definition) is 4. The Labute approximate surface area is 149 Å². The number of halogens is 1. The van der Waals surface area contributed by atoms with Gasteiger partial charge in [0.05, 0.1) is 11.7 Å². The number of nitrogens with two attached hydrogens (primary N) is 1. The average molecular weight is 421 g/mol. The third-order valence-corrected chi connectivity index (χ3v) is 6.38. The molecule has 0 saturated carbocycles. The summed E-state index contributed by atoms with van der Waals surface area (Å²) in [4.78, 5) is 33.3. The van der Waals surface area contributed by atoms with E-state index >= 15 is 0 Å². The number of aliphatic carboxylic acids is 1. The maximum atomic E-state index is 12.4. The Balaban J connectivity index is 2.97. The lowest BCUT2D eigenvalue weighted by molar-refractivity contribution is -0.141. The number of carbonyl (C=O) groups excluding carboxylic acids is 1. The molecule has 1 unspecified atom stereocenters. The lowest BCUT2D eigenvalue weighted by atomic mass is 10.00. The SMILES string of the molecule is C[C@H](NC(=O)[C@H](Cc1ccc(Br)cc1)CP(=O)(O)[C@H](C)N)C(=O)O. The molecule has 4 atom stereocenters. The van der Waals surface area contributed by atoms with Crippen LogP contribution in [-0.4, -0.2) is 39.9 Å². The maximum absolute atomic E-state index is 12.4. The van der Waals surface area contributed by atoms with Gasteiger partial charge in [0.25, 0.3) is 0 Å². The molecule has 0 aliphatic heterocycles. The number of amides is 1. The number of carbonyl (C=O) groups is 2. The van der Waals surface area contributed by atoms with Crippen molar-refractivity contribution in [1.29, 1.82) is 0 Å². The second kappa shape index (κ2) is 8.76. The number of carboxylic acids is 1. The standard InChI is InChI=1S/C15H22BrN2O5P/c1-9(15(20)21)18-14(19)12(8-24(22,23)10(2)17)7-11-3-5-13(16)6-4-11/h3-6,9-10,12H,7-8,17H2,1-2H3,(H,18,19)(H,20,21)(H,22,23)/t9-,10+,12+/m0/s1. The smallest absolute Gasteiger partial charge is 0.325 e. The van der Waals surface area contributed by atoms with Crippen LogP contribution in [0.4, 0.5) is 0 Å². The minimum atomic E-state index is -3.73. The summed E-state index contributed by atoms with van der Waals surface area (Å²) >= 11 is 3.31. The molecule has 134 valence electrons. The van der Waals surface area contributed by atoms with Gasteiger partial charge < -0.3 is 21.1 Å². The van der Waals surface area contributed by atoms with E-state index in [0.717, 1.165) is 10.0 Å². The molecule has 0 spiro atoms. The van der Waals surface area contributed by atoms with E-state index in [1.165, 1.54) is 13.8 Å². The molecule has 0 bridgehead atoms. The summed E-state index contributed by atoms with van der Waals surface area (Å²) in [5.74, 6) is -3.57. The summed E-state index contributed by atoms with van der Waals surface area (Å²) in [5.41, 5.74) is 6.33. The highest BCUT2D eigenvalue weighted by Crippen LogP contribution is 2.45. The molecular formula is C15H22BrN2O5P. The molecule has 7 nitrogen and oxygen atoms in total. The van der Waals surface area contributed by atoms with Crippen molar-refractivity contribution in [3.8, 4) is 0 Å². The van der Waals surface area contributed by atoms with Crippen LogP contribution in [0.3, 0.4) is 0 Å². The van der Waals surface area contributed by atoms with Gasteiger partial charge in [-0.15, -0.1) is 0 Å².